The maximum absolute atomic E-state index is 12.6. The summed E-state index contributed by atoms with van der Waals surface area (Å²) in [6.45, 7) is 5.55. The molecule has 0 spiro atoms. The molecule has 0 radical (unpaired) electrons. The van der Waals surface area contributed by atoms with Crippen LogP contribution in [0.4, 0.5) is 0 Å². The highest BCUT2D eigenvalue weighted by Gasteiger charge is 2.33. The van der Waals surface area contributed by atoms with Crippen LogP contribution in [0.2, 0.25) is 0 Å². The van der Waals surface area contributed by atoms with E-state index in [2.05, 4.69) is 10.2 Å². The number of hydrogen-bond donors (Lipinski definition) is 0. The van der Waals surface area contributed by atoms with Gasteiger partial charge in [0.05, 0.1) is 7.11 Å². The first kappa shape index (κ1) is 20.8. The number of nitrogens with zero attached hydrogens (tertiary/aromatic N) is 4. The molecule has 0 aliphatic carbocycles. The van der Waals surface area contributed by atoms with Gasteiger partial charge in [-0.15, -0.1) is 10.2 Å². The third kappa shape index (κ3) is 4.93. The number of likely N-dealkylation sites (N-methyl/N-ethyl adjacent to an activating group) is 1. The second kappa shape index (κ2) is 9.54. The van der Waals surface area contributed by atoms with Crippen molar-refractivity contribution in [2.45, 2.75) is 45.6 Å². The van der Waals surface area contributed by atoms with Crippen LogP contribution in [0.25, 0.3) is 0 Å². The van der Waals surface area contributed by atoms with E-state index in [1.807, 2.05) is 31.2 Å². The molecule has 0 N–H and O–H groups in total. The zero-order valence-corrected chi connectivity index (χ0v) is 17.3. The van der Waals surface area contributed by atoms with Gasteiger partial charge in [0.2, 0.25) is 23.6 Å². The number of rotatable bonds is 8. The Labute approximate surface area is 170 Å². The fraction of sp³-hybridized carbons (Fsp3) is 0.524. The van der Waals surface area contributed by atoms with Crippen LogP contribution in [0.5, 0.6) is 5.75 Å². The minimum absolute atomic E-state index is 0.00326. The van der Waals surface area contributed by atoms with Crippen LogP contribution in [0.3, 0.4) is 0 Å². The number of amides is 2. The molecule has 0 unspecified atom stereocenters. The smallest absolute Gasteiger partial charge is 0.245 e. The molecule has 1 saturated heterocycles. The van der Waals surface area contributed by atoms with Crippen molar-refractivity contribution in [2.24, 2.45) is 0 Å². The van der Waals surface area contributed by atoms with Crippen LogP contribution in [-0.4, -0.2) is 64.6 Å². The summed E-state index contributed by atoms with van der Waals surface area (Å²) in [5.74, 6) is 1.77. The van der Waals surface area contributed by atoms with Crippen LogP contribution in [-0.2, 0) is 28.9 Å². The van der Waals surface area contributed by atoms with Gasteiger partial charge in [-0.3, -0.25) is 9.59 Å². The standard InChI is InChI=1S/C21H28N4O4/c1-4-24-13-14-25(15(2)21(24)27)20(26)12-11-19-23-22-18(29-19)10-9-16-7-5-6-8-17(16)28-3/h5-8,15H,4,9-14H2,1-3H3/t15-/m0/s1. The summed E-state index contributed by atoms with van der Waals surface area (Å²) in [5.41, 5.74) is 1.08. The molecule has 0 bridgehead atoms. The summed E-state index contributed by atoms with van der Waals surface area (Å²) >= 11 is 0. The molecule has 1 atom stereocenters. The van der Waals surface area contributed by atoms with Crippen molar-refractivity contribution in [3.05, 3.63) is 41.6 Å². The topological polar surface area (TPSA) is 88.8 Å². The van der Waals surface area contributed by atoms with Gasteiger partial charge in [0.1, 0.15) is 11.8 Å². The molecular formula is C21H28N4O4. The van der Waals surface area contributed by atoms with Crippen molar-refractivity contribution in [1.82, 2.24) is 20.0 Å². The molecule has 1 aromatic heterocycles. The molecule has 2 heterocycles. The van der Waals surface area contributed by atoms with Gasteiger partial charge in [0.25, 0.3) is 0 Å². The molecule has 156 valence electrons. The van der Waals surface area contributed by atoms with Crippen LogP contribution in [0, 0.1) is 0 Å². The lowest BCUT2D eigenvalue weighted by molar-refractivity contribution is -0.150. The quantitative estimate of drug-likeness (QED) is 0.672. The Hall–Kier alpha value is -2.90. The van der Waals surface area contributed by atoms with E-state index in [4.69, 9.17) is 9.15 Å². The summed E-state index contributed by atoms with van der Waals surface area (Å²) in [7, 11) is 1.65. The molecule has 2 aromatic rings. The molecule has 0 saturated carbocycles. The first-order valence-electron chi connectivity index (χ1n) is 10.0. The summed E-state index contributed by atoms with van der Waals surface area (Å²) < 4.78 is 11.0. The second-order valence-electron chi connectivity index (χ2n) is 7.08. The third-order valence-corrected chi connectivity index (χ3v) is 5.31. The van der Waals surface area contributed by atoms with Crippen LogP contribution in [0.15, 0.2) is 28.7 Å². The molecule has 8 heteroatoms. The first-order valence-corrected chi connectivity index (χ1v) is 10.0. The zero-order chi connectivity index (χ0) is 20.8. The molecule has 3 rings (SSSR count). The number of carbonyl (C=O) groups excluding carboxylic acids is 2. The van der Waals surface area contributed by atoms with E-state index in [-0.39, 0.29) is 18.2 Å². The van der Waals surface area contributed by atoms with E-state index in [0.29, 0.717) is 44.3 Å². The van der Waals surface area contributed by atoms with Gasteiger partial charge >= 0.3 is 0 Å². The number of hydrogen-bond acceptors (Lipinski definition) is 6. The molecular weight excluding hydrogens is 372 g/mol. The van der Waals surface area contributed by atoms with E-state index in [9.17, 15) is 9.59 Å². The van der Waals surface area contributed by atoms with Gasteiger partial charge in [-0.25, -0.2) is 0 Å². The summed E-state index contributed by atoms with van der Waals surface area (Å²) in [6.07, 6.45) is 1.95. The largest absolute Gasteiger partial charge is 0.496 e. The number of aromatic nitrogens is 2. The van der Waals surface area contributed by atoms with E-state index >= 15 is 0 Å². The Kier molecular flexibility index (Phi) is 6.85. The van der Waals surface area contributed by atoms with E-state index in [1.54, 1.807) is 23.8 Å². The first-order chi connectivity index (χ1) is 14.0. The lowest BCUT2D eigenvalue weighted by atomic mass is 10.1. The molecule has 1 aromatic carbocycles. The Bertz CT molecular complexity index is 851. The number of carbonyl (C=O) groups is 2. The molecule has 29 heavy (non-hydrogen) atoms. The van der Waals surface area contributed by atoms with Crippen molar-refractivity contribution < 1.29 is 18.7 Å². The average molecular weight is 400 g/mol. The van der Waals surface area contributed by atoms with Crippen molar-refractivity contribution >= 4 is 11.8 Å². The summed E-state index contributed by atoms with van der Waals surface area (Å²) in [5, 5.41) is 8.14. The highest BCUT2D eigenvalue weighted by Crippen LogP contribution is 2.19. The number of piperazine rings is 1. The predicted octanol–water partition coefficient (Wildman–Crippen LogP) is 1.88. The lowest BCUT2D eigenvalue weighted by Gasteiger charge is -2.38. The number of para-hydroxylation sites is 1. The fourth-order valence-corrected chi connectivity index (χ4v) is 3.58. The van der Waals surface area contributed by atoms with Gasteiger partial charge in [-0.05, 0) is 31.9 Å². The van der Waals surface area contributed by atoms with Gasteiger partial charge in [0.15, 0.2) is 0 Å². The normalized spacial score (nSPS) is 16.9. The van der Waals surface area contributed by atoms with Crippen molar-refractivity contribution in [1.29, 1.82) is 0 Å². The SMILES string of the molecule is CCN1CCN(C(=O)CCc2nnc(CCc3ccccc3OC)o2)[C@@H](C)C1=O. The monoisotopic (exact) mass is 400 g/mol. The van der Waals surface area contributed by atoms with Gasteiger partial charge < -0.3 is 19.0 Å². The number of benzene rings is 1. The Morgan fingerprint density at radius 1 is 1.17 bits per heavy atom. The van der Waals surface area contributed by atoms with E-state index in [1.165, 1.54) is 0 Å². The average Bonchev–Trinajstić information content (AvgIpc) is 3.20. The van der Waals surface area contributed by atoms with E-state index in [0.717, 1.165) is 17.7 Å². The van der Waals surface area contributed by atoms with Gasteiger partial charge in [-0.2, -0.15) is 0 Å². The second-order valence-corrected chi connectivity index (χ2v) is 7.08. The fourth-order valence-electron chi connectivity index (χ4n) is 3.58. The maximum Gasteiger partial charge on any atom is 0.245 e. The van der Waals surface area contributed by atoms with Crippen LogP contribution >= 0.6 is 0 Å². The molecule has 1 aliphatic heterocycles. The Morgan fingerprint density at radius 3 is 2.62 bits per heavy atom. The minimum atomic E-state index is -0.421. The van der Waals surface area contributed by atoms with Gasteiger partial charge in [-0.1, -0.05) is 18.2 Å². The number of methoxy groups -OCH3 is 1. The molecule has 8 nitrogen and oxygen atoms in total. The number of ether oxygens (including phenoxy) is 1. The number of aryl methyl sites for hydroxylation is 3. The Morgan fingerprint density at radius 2 is 1.90 bits per heavy atom. The summed E-state index contributed by atoms with van der Waals surface area (Å²) in [4.78, 5) is 28.3. The van der Waals surface area contributed by atoms with Crippen molar-refractivity contribution in [2.75, 3.05) is 26.7 Å². The van der Waals surface area contributed by atoms with E-state index < -0.39 is 6.04 Å². The molecule has 1 aliphatic rings. The summed E-state index contributed by atoms with van der Waals surface area (Å²) in [6, 6.07) is 7.41. The maximum atomic E-state index is 12.6. The third-order valence-electron chi connectivity index (χ3n) is 5.31. The minimum Gasteiger partial charge on any atom is -0.496 e. The zero-order valence-electron chi connectivity index (χ0n) is 17.3. The highest BCUT2D eigenvalue weighted by atomic mass is 16.5. The van der Waals surface area contributed by atoms with Crippen LogP contribution < -0.4 is 4.74 Å². The lowest BCUT2D eigenvalue weighted by Crippen LogP contribution is -2.57. The highest BCUT2D eigenvalue weighted by molar-refractivity contribution is 5.88. The molecule has 2 amide bonds. The van der Waals surface area contributed by atoms with Gasteiger partial charge in [0, 0.05) is 38.9 Å². The van der Waals surface area contributed by atoms with Crippen LogP contribution in [0.1, 0.15) is 37.6 Å². The van der Waals surface area contributed by atoms with Crippen molar-refractivity contribution in [3.8, 4) is 5.75 Å². The predicted molar refractivity (Wildman–Crippen MR) is 106 cm³/mol. The van der Waals surface area contributed by atoms with Crippen molar-refractivity contribution in [3.63, 3.8) is 0 Å². The molecule has 1 fully saturated rings. The Balaban J connectivity index is 1.50.